The van der Waals surface area contributed by atoms with E-state index in [9.17, 15) is 23.1 Å². The van der Waals surface area contributed by atoms with Crippen LogP contribution in [-0.2, 0) is 15.7 Å². The fraction of sp³-hybridized carbons (Fsp3) is 0.350. The molecule has 0 spiro atoms. The molecule has 0 saturated carbocycles. The summed E-state index contributed by atoms with van der Waals surface area (Å²) in [5, 5.41) is 9.31. The lowest BCUT2D eigenvalue weighted by Crippen LogP contribution is -2.07. The van der Waals surface area contributed by atoms with Gasteiger partial charge in [-0.1, -0.05) is 31.8 Å². The number of carbonyl (C=O) groups excluding carboxylic acids is 1. The van der Waals surface area contributed by atoms with Gasteiger partial charge in [0.15, 0.2) is 0 Å². The van der Waals surface area contributed by atoms with Crippen LogP contribution in [0.15, 0.2) is 41.5 Å². The molecule has 26 heavy (non-hydrogen) atoms. The van der Waals surface area contributed by atoms with Gasteiger partial charge in [-0.15, -0.1) is 0 Å². The topological polar surface area (TPSA) is 46.5 Å². The molecular formula is C20H21F3O3. The summed E-state index contributed by atoms with van der Waals surface area (Å²) in [5.74, 6) is 4.33. The molecule has 0 aliphatic heterocycles. The zero-order valence-electron chi connectivity index (χ0n) is 15.1. The second-order valence-corrected chi connectivity index (χ2v) is 5.75. The lowest BCUT2D eigenvalue weighted by Gasteiger charge is -2.10. The minimum absolute atomic E-state index is 0.00403. The van der Waals surface area contributed by atoms with Crippen LogP contribution in [0.25, 0.3) is 0 Å². The van der Waals surface area contributed by atoms with E-state index in [4.69, 9.17) is 0 Å². The molecule has 0 fully saturated rings. The summed E-state index contributed by atoms with van der Waals surface area (Å²) < 4.78 is 43.9. The number of aromatic hydroxyl groups is 1. The van der Waals surface area contributed by atoms with Gasteiger partial charge < -0.3 is 9.84 Å². The van der Waals surface area contributed by atoms with Crippen LogP contribution in [0.1, 0.15) is 38.3 Å². The van der Waals surface area contributed by atoms with Gasteiger partial charge in [-0.2, -0.15) is 13.2 Å². The first kappa shape index (κ1) is 21.4. The smallest absolute Gasteiger partial charge is 0.417 e. The number of hydrogen-bond donors (Lipinski definition) is 1. The standard InChI is InChI=1S/C20H21F3O3/c1-5-13(2)15(7-6-14(3)19(25)26-4)8-9-16-10-11-17(24)12-18(16)20(21,22)23/h6-7,10-13,24H,5H2,1-4H3/b14-6+,15-7-. The first-order valence-corrected chi connectivity index (χ1v) is 7.99. The molecule has 0 aliphatic rings. The van der Waals surface area contributed by atoms with Crippen molar-refractivity contribution < 1.29 is 27.8 Å². The van der Waals surface area contributed by atoms with Crippen LogP contribution in [0.2, 0.25) is 0 Å². The van der Waals surface area contributed by atoms with E-state index in [1.54, 1.807) is 13.0 Å². The fourth-order valence-electron chi connectivity index (χ4n) is 2.01. The van der Waals surface area contributed by atoms with Gasteiger partial charge in [-0.25, -0.2) is 4.79 Å². The van der Waals surface area contributed by atoms with E-state index >= 15 is 0 Å². The second-order valence-electron chi connectivity index (χ2n) is 5.75. The predicted octanol–water partition coefficient (Wildman–Crippen LogP) is 4.85. The van der Waals surface area contributed by atoms with E-state index in [1.165, 1.54) is 13.2 Å². The van der Waals surface area contributed by atoms with Crippen molar-refractivity contribution in [3.8, 4) is 17.6 Å². The number of carbonyl (C=O) groups is 1. The minimum atomic E-state index is -4.62. The highest BCUT2D eigenvalue weighted by atomic mass is 19.4. The quantitative estimate of drug-likeness (QED) is 0.358. The Kier molecular flexibility index (Phi) is 7.51. The van der Waals surface area contributed by atoms with Crippen molar-refractivity contribution >= 4 is 5.97 Å². The second kappa shape index (κ2) is 9.14. The predicted molar refractivity (Wildman–Crippen MR) is 93.3 cm³/mol. The van der Waals surface area contributed by atoms with Crippen molar-refractivity contribution in [3.63, 3.8) is 0 Å². The molecule has 6 heteroatoms. The number of esters is 1. The number of ether oxygens (including phenoxy) is 1. The number of hydrogen-bond acceptors (Lipinski definition) is 3. The Labute approximate surface area is 151 Å². The number of allylic oxidation sites excluding steroid dienone is 3. The van der Waals surface area contributed by atoms with E-state index in [-0.39, 0.29) is 11.5 Å². The fourth-order valence-corrected chi connectivity index (χ4v) is 2.01. The van der Waals surface area contributed by atoms with Crippen molar-refractivity contribution in [3.05, 3.63) is 52.6 Å². The molecule has 0 bridgehead atoms. The Morgan fingerprint density at radius 2 is 2.00 bits per heavy atom. The Morgan fingerprint density at radius 1 is 1.35 bits per heavy atom. The zero-order chi connectivity index (χ0) is 19.9. The largest absolute Gasteiger partial charge is 0.508 e. The van der Waals surface area contributed by atoms with Gasteiger partial charge in [0.05, 0.1) is 12.7 Å². The summed E-state index contributed by atoms with van der Waals surface area (Å²) in [5.41, 5.74) is -0.263. The normalized spacial score (nSPS) is 13.7. The number of phenolic OH excluding ortho intramolecular Hbond substituents is 1. The summed E-state index contributed by atoms with van der Waals surface area (Å²) in [4.78, 5) is 11.4. The maximum Gasteiger partial charge on any atom is 0.417 e. The Bertz CT molecular complexity index is 778. The Morgan fingerprint density at radius 3 is 2.54 bits per heavy atom. The van der Waals surface area contributed by atoms with E-state index in [0.29, 0.717) is 17.2 Å². The molecule has 1 unspecified atom stereocenters. The molecule has 1 aromatic rings. The third kappa shape index (κ3) is 5.99. The number of rotatable bonds is 4. The van der Waals surface area contributed by atoms with Crippen LogP contribution in [0, 0.1) is 17.8 Å². The molecule has 0 radical (unpaired) electrons. The summed E-state index contributed by atoms with van der Waals surface area (Å²) in [6.07, 6.45) is -0.748. The highest BCUT2D eigenvalue weighted by molar-refractivity contribution is 5.88. The molecule has 1 rings (SSSR count). The van der Waals surface area contributed by atoms with E-state index in [1.807, 2.05) is 13.8 Å². The van der Waals surface area contributed by atoms with E-state index < -0.39 is 23.5 Å². The summed E-state index contributed by atoms with van der Waals surface area (Å²) >= 11 is 0. The number of phenols is 1. The van der Waals surface area contributed by atoms with Crippen LogP contribution >= 0.6 is 0 Å². The van der Waals surface area contributed by atoms with Crippen molar-refractivity contribution in [2.24, 2.45) is 5.92 Å². The number of alkyl halides is 3. The van der Waals surface area contributed by atoms with Crippen LogP contribution in [0.4, 0.5) is 13.2 Å². The van der Waals surface area contributed by atoms with Gasteiger partial charge in [0.25, 0.3) is 0 Å². The molecule has 0 aliphatic carbocycles. The van der Waals surface area contributed by atoms with Crippen molar-refractivity contribution in [2.75, 3.05) is 7.11 Å². The van der Waals surface area contributed by atoms with Gasteiger partial charge in [0, 0.05) is 16.7 Å². The van der Waals surface area contributed by atoms with Gasteiger partial charge in [-0.05, 0) is 43.5 Å². The van der Waals surface area contributed by atoms with Crippen molar-refractivity contribution in [1.82, 2.24) is 0 Å². The average molecular weight is 366 g/mol. The monoisotopic (exact) mass is 366 g/mol. The molecule has 0 saturated heterocycles. The third-order valence-electron chi connectivity index (χ3n) is 3.81. The van der Waals surface area contributed by atoms with Crippen molar-refractivity contribution in [2.45, 2.75) is 33.4 Å². The first-order chi connectivity index (χ1) is 12.1. The van der Waals surface area contributed by atoms with E-state index in [2.05, 4.69) is 16.6 Å². The number of halogens is 3. The molecule has 3 nitrogen and oxygen atoms in total. The molecule has 1 N–H and O–H groups in total. The lowest BCUT2D eigenvalue weighted by molar-refractivity contribution is -0.138. The molecule has 0 amide bonds. The van der Waals surface area contributed by atoms with Crippen LogP contribution < -0.4 is 0 Å². The van der Waals surface area contributed by atoms with Crippen LogP contribution in [0.3, 0.4) is 0 Å². The molecular weight excluding hydrogens is 345 g/mol. The Balaban J connectivity index is 3.35. The molecule has 1 atom stereocenters. The van der Waals surface area contributed by atoms with Crippen molar-refractivity contribution in [1.29, 1.82) is 0 Å². The van der Waals surface area contributed by atoms with Crippen LogP contribution in [-0.4, -0.2) is 18.2 Å². The van der Waals surface area contributed by atoms with Gasteiger partial charge in [0.1, 0.15) is 5.75 Å². The molecule has 140 valence electrons. The number of benzene rings is 1. The zero-order valence-corrected chi connectivity index (χ0v) is 15.1. The summed E-state index contributed by atoms with van der Waals surface area (Å²) in [7, 11) is 1.27. The maximum atomic E-state index is 13.1. The van der Waals surface area contributed by atoms with Crippen LogP contribution in [0.5, 0.6) is 5.75 Å². The third-order valence-corrected chi connectivity index (χ3v) is 3.81. The average Bonchev–Trinajstić information content (AvgIpc) is 2.60. The van der Waals surface area contributed by atoms with Gasteiger partial charge in [0.2, 0.25) is 0 Å². The number of methoxy groups -OCH3 is 1. The molecule has 1 aromatic carbocycles. The maximum absolute atomic E-state index is 13.1. The molecule has 0 aromatic heterocycles. The highest BCUT2D eigenvalue weighted by Gasteiger charge is 2.33. The SMILES string of the molecule is CCC(C)/C(C#Cc1ccc(O)cc1C(F)(F)F)=C\C=C(/C)C(=O)OC. The first-order valence-electron chi connectivity index (χ1n) is 7.99. The molecule has 0 heterocycles. The lowest BCUT2D eigenvalue weighted by atomic mass is 9.97. The van der Waals surface area contributed by atoms with E-state index in [0.717, 1.165) is 18.6 Å². The Hall–Kier alpha value is -2.68. The summed E-state index contributed by atoms with van der Waals surface area (Å²) in [6.45, 7) is 5.40. The van der Waals surface area contributed by atoms with Gasteiger partial charge in [-0.3, -0.25) is 0 Å². The highest BCUT2D eigenvalue weighted by Crippen LogP contribution is 2.33. The summed E-state index contributed by atoms with van der Waals surface area (Å²) in [6, 6.07) is 2.94. The van der Waals surface area contributed by atoms with Gasteiger partial charge >= 0.3 is 12.1 Å². The minimum Gasteiger partial charge on any atom is -0.508 e.